The molecule has 1 saturated carbocycles. The number of hydrogen-bond acceptors (Lipinski definition) is 4. The molecule has 1 aliphatic carbocycles. The zero-order valence-corrected chi connectivity index (χ0v) is 12.6. The summed E-state index contributed by atoms with van der Waals surface area (Å²) in [5, 5.41) is 11.0. The van der Waals surface area contributed by atoms with E-state index in [9.17, 15) is 10.1 Å². The summed E-state index contributed by atoms with van der Waals surface area (Å²) in [7, 11) is 0. The van der Waals surface area contributed by atoms with Crippen molar-refractivity contribution >= 4 is 11.8 Å². The molecule has 0 spiro atoms. The number of nitrogens with zero attached hydrogens (tertiary/aromatic N) is 2. The minimum absolute atomic E-state index is 0.128. The summed E-state index contributed by atoms with van der Waals surface area (Å²) in [6, 6.07) is 4.93. The molecule has 116 valence electrons. The molecule has 1 aromatic carbocycles. The van der Waals surface area contributed by atoms with Crippen molar-refractivity contribution in [2.45, 2.75) is 44.2 Å². The predicted molar refractivity (Wildman–Crippen MR) is 83.7 cm³/mol. The number of fused-ring (bicyclic) bond motifs is 2. The molecule has 4 rings (SSSR count). The fourth-order valence-corrected chi connectivity index (χ4v) is 4.07. The van der Waals surface area contributed by atoms with E-state index < -0.39 is 0 Å². The van der Waals surface area contributed by atoms with Crippen molar-refractivity contribution in [2.24, 2.45) is 0 Å². The average Bonchev–Trinajstić information content (AvgIpc) is 3.07. The van der Waals surface area contributed by atoms with Crippen LogP contribution in [0.2, 0.25) is 0 Å². The van der Waals surface area contributed by atoms with Crippen molar-refractivity contribution in [3.63, 3.8) is 0 Å². The highest BCUT2D eigenvalue weighted by atomic mass is 16.6. The van der Waals surface area contributed by atoms with E-state index in [1.807, 2.05) is 0 Å². The number of nitro groups is 1. The van der Waals surface area contributed by atoms with Gasteiger partial charge in [0.1, 0.15) is 5.75 Å². The second kappa shape index (κ2) is 5.09. The Bertz CT molecular complexity index is 649. The zero-order valence-electron chi connectivity index (χ0n) is 12.6. The molecule has 0 aromatic heterocycles. The lowest BCUT2D eigenvalue weighted by Crippen LogP contribution is -2.55. The molecule has 1 saturated heterocycles. The van der Waals surface area contributed by atoms with E-state index >= 15 is 0 Å². The molecular weight excluding hydrogens is 280 g/mol. The van der Waals surface area contributed by atoms with Gasteiger partial charge in [-0.25, -0.2) is 0 Å². The van der Waals surface area contributed by atoms with Crippen LogP contribution in [-0.2, 0) is 0 Å². The van der Waals surface area contributed by atoms with Gasteiger partial charge in [-0.05, 0) is 49.8 Å². The Morgan fingerprint density at radius 3 is 2.77 bits per heavy atom. The lowest BCUT2D eigenvalue weighted by Gasteiger charge is -2.48. The molecule has 0 bridgehead atoms. The maximum Gasteiger partial charge on any atom is 0.270 e. The lowest BCUT2D eigenvalue weighted by atomic mass is 9.82. The molecule has 0 radical (unpaired) electrons. The normalized spacial score (nSPS) is 27.5. The van der Waals surface area contributed by atoms with E-state index in [2.05, 4.69) is 11.0 Å². The van der Waals surface area contributed by atoms with Crippen molar-refractivity contribution in [1.82, 2.24) is 4.90 Å². The molecule has 0 unspecified atom stereocenters. The van der Waals surface area contributed by atoms with Crippen LogP contribution in [0.1, 0.15) is 44.1 Å². The third kappa shape index (κ3) is 2.03. The van der Waals surface area contributed by atoms with Gasteiger partial charge in [0.15, 0.2) is 5.72 Å². The first kappa shape index (κ1) is 13.8. The van der Waals surface area contributed by atoms with Crippen LogP contribution in [0.15, 0.2) is 23.8 Å². The Balaban J connectivity index is 1.78. The van der Waals surface area contributed by atoms with Crippen LogP contribution in [0.4, 0.5) is 5.69 Å². The first-order valence-corrected chi connectivity index (χ1v) is 8.13. The number of likely N-dealkylation sites (tertiary alicyclic amines) is 1. The topological polar surface area (TPSA) is 55.6 Å². The van der Waals surface area contributed by atoms with E-state index in [1.165, 1.54) is 37.3 Å². The molecular formula is C17H20N2O3. The summed E-state index contributed by atoms with van der Waals surface area (Å²) in [5.74, 6) is 0.781. The predicted octanol–water partition coefficient (Wildman–Crippen LogP) is 3.74. The van der Waals surface area contributed by atoms with Gasteiger partial charge in [0.05, 0.1) is 4.92 Å². The minimum atomic E-state index is -0.345. The zero-order chi connectivity index (χ0) is 15.2. The quantitative estimate of drug-likeness (QED) is 0.617. The average molecular weight is 300 g/mol. The van der Waals surface area contributed by atoms with Gasteiger partial charge in [-0.1, -0.05) is 0 Å². The van der Waals surface area contributed by atoms with Crippen LogP contribution in [0.5, 0.6) is 5.75 Å². The van der Waals surface area contributed by atoms with E-state index in [-0.39, 0.29) is 16.3 Å². The third-order valence-electron chi connectivity index (χ3n) is 5.14. The van der Waals surface area contributed by atoms with Gasteiger partial charge in [0.2, 0.25) is 0 Å². The van der Waals surface area contributed by atoms with Gasteiger partial charge in [0.25, 0.3) is 5.69 Å². The van der Waals surface area contributed by atoms with Crippen molar-refractivity contribution in [1.29, 1.82) is 0 Å². The summed E-state index contributed by atoms with van der Waals surface area (Å²) in [4.78, 5) is 13.1. The summed E-state index contributed by atoms with van der Waals surface area (Å²) in [6.07, 6.45) is 9.00. The number of hydrogen-bond donors (Lipinski definition) is 0. The van der Waals surface area contributed by atoms with Gasteiger partial charge >= 0.3 is 0 Å². The first-order chi connectivity index (χ1) is 10.7. The SMILES string of the molecule is O=[N+]([O-])c1ccc2c(c1)C=C1CCCC[C@@]1(N1CCCC1)O2. The fraction of sp³-hybridized carbons (Fsp3) is 0.529. The second-order valence-electron chi connectivity index (χ2n) is 6.44. The highest BCUT2D eigenvalue weighted by Gasteiger charge is 2.47. The number of ether oxygens (including phenoxy) is 1. The molecule has 5 nitrogen and oxygen atoms in total. The molecule has 22 heavy (non-hydrogen) atoms. The van der Waals surface area contributed by atoms with Crippen LogP contribution >= 0.6 is 0 Å². The molecule has 0 amide bonds. The standard InChI is InChI=1S/C17H20N2O3/c20-19(21)15-6-7-16-13(12-15)11-14-5-1-2-8-17(14,22-16)18-9-3-4-10-18/h6-7,11-12H,1-5,8-10H2/t17-/m1/s1. The maximum atomic E-state index is 11.0. The van der Waals surface area contributed by atoms with Gasteiger partial charge in [-0.15, -0.1) is 0 Å². The van der Waals surface area contributed by atoms with Gasteiger partial charge in [-0.3, -0.25) is 15.0 Å². The number of rotatable bonds is 2. The molecule has 2 aliphatic heterocycles. The summed E-state index contributed by atoms with van der Waals surface area (Å²) < 4.78 is 6.48. The molecule has 0 N–H and O–H groups in total. The lowest BCUT2D eigenvalue weighted by molar-refractivity contribution is -0.384. The highest BCUT2D eigenvalue weighted by Crippen LogP contribution is 2.47. The molecule has 3 aliphatic rings. The Hall–Kier alpha value is -1.88. The van der Waals surface area contributed by atoms with Crippen LogP contribution in [-0.4, -0.2) is 28.6 Å². The summed E-state index contributed by atoms with van der Waals surface area (Å²) >= 11 is 0. The summed E-state index contributed by atoms with van der Waals surface area (Å²) in [6.45, 7) is 2.17. The Labute approximate surface area is 129 Å². The number of benzene rings is 1. The Kier molecular flexibility index (Phi) is 3.18. The second-order valence-corrected chi connectivity index (χ2v) is 6.44. The van der Waals surface area contributed by atoms with Gasteiger partial charge < -0.3 is 4.74 Å². The maximum absolute atomic E-state index is 11.0. The monoisotopic (exact) mass is 300 g/mol. The number of nitro benzene ring substituents is 1. The third-order valence-corrected chi connectivity index (χ3v) is 5.14. The first-order valence-electron chi connectivity index (χ1n) is 8.13. The minimum Gasteiger partial charge on any atom is -0.468 e. The Morgan fingerprint density at radius 1 is 1.18 bits per heavy atom. The Morgan fingerprint density at radius 2 is 2.00 bits per heavy atom. The fourth-order valence-electron chi connectivity index (χ4n) is 4.07. The molecule has 1 aromatic rings. The van der Waals surface area contributed by atoms with Gasteiger partial charge in [0, 0.05) is 37.2 Å². The van der Waals surface area contributed by atoms with Crippen LogP contribution in [0.3, 0.4) is 0 Å². The van der Waals surface area contributed by atoms with Crippen molar-refractivity contribution < 1.29 is 9.66 Å². The van der Waals surface area contributed by atoms with Crippen molar-refractivity contribution in [3.8, 4) is 5.75 Å². The molecule has 2 heterocycles. The summed E-state index contributed by atoms with van der Waals surface area (Å²) in [5.41, 5.74) is 1.98. The van der Waals surface area contributed by atoms with E-state index in [1.54, 1.807) is 12.1 Å². The van der Waals surface area contributed by atoms with Gasteiger partial charge in [-0.2, -0.15) is 0 Å². The largest absolute Gasteiger partial charge is 0.468 e. The molecule has 5 heteroatoms. The molecule has 2 fully saturated rings. The van der Waals surface area contributed by atoms with E-state index in [0.29, 0.717) is 0 Å². The van der Waals surface area contributed by atoms with E-state index in [0.717, 1.165) is 37.2 Å². The van der Waals surface area contributed by atoms with E-state index in [4.69, 9.17) is 4.74 Å². The van der Waals surface area contributed by atoms with Crippen LogP contribution in [0, 0.1) is 10.1 Å². The molecule has 1 atom stereocenters. The number of non-ortho nitro benzene ring substituents is 1. The highest BCUT2D eigenvalue weighted by molar-refractivity contribution is 5.67. The van der Waals surface area contributed by atoms with Crippen molar-refractivity contribution in [3.05, 3.63) is 39.4 Å². The smallest absolute Gasteiger partial charge is 0.270 e. The van der Waals surface area contributed by atoms with Crippen LogP contribution in [0.25, 0.3) is 6.08 Å². The van der Waals surface area contributed by atoms with Crippen molar-refractivity contribution in [2.75, 3.05) is 13.1 Å². The van der Waals surface area contributed by atoms with Crippen LogP contribution < -0.4 is 4.74 Å².